The molecule has 1 N–H and O–H groups in total. The molecule has 28 heavy (non-hydrogen) atoms. The number of pyridine rings is 1. The molecule has 0 spiro atoms. The van der Waals surface area contributed by atoms with Crippen LogP contribution in [0.3, 0.4) is 0 Å². The average molecular weight is 375 g/mol. The van der Waals surface area contributed by atoms with E-state index in [1.165, 1.54) is 6.07 Å². The minimum Gasteiger partial charge on any atom is -0.335 e. The van der Waals surface area contributed by atoms with Gasteiger partial charge in [-0.2, -0.15) is 0 Å². The largest absolute Gasteiger partial charge is 0.335 e. The zero-order valence-corrected chi connectivity index (χ0v) is 15.7. The summed E-state index contributed by atoms with van der Waals surface area (Å²) >= 11 is 0. The van der Waals surface area contributed by atoms with Gasteiger partial charge in [0, 0.05) is 5.56 Å². The van der Waals surface area contributed by atoms with Gasteiger partial charge < -0.3 is 9.84 Å². The number of nitrogens with one attached hydrogen (secondary N) is 1. The molecule has 2 aromatic heterocycles. The molecule has 4 rings (SSSR count). The van der Waals surface area contributed by atoms with E-state index in [2.05, 4.69) is 15.5 Å². The molecule has 0 radical (unpaired) electrons. The summed E-state index contributed by atoms with van der Waals surface area (Å²) in [6.07, 6.45) is 0. The lowest BCUT2D eigenvalue weighted by Crippen LogP contribution is -2.14. The molecular weight excluding hydrogens is 357 g/mol. The Hall–Kier alpha value is -3.54. The highest BCUT2D eigenvalue weighted by Gasteiger charge is 2.20. The Balaban J connectivity index is 1.81. The summed E-state index contributed by atoms with van der Waals surface area (Å²) in [6, 6.07) is 14.1. The van der Waals surface area contributed by atoms with E-state index in [-0.39, 0.29) is 11.4 Å². The highest BCUT2D eigenvalue weighted by molar-refractivity contribution is 6.13. The Bertz CT molecular complexity index is 1200. The van der Waals surface area contributed by atoms with Gasteiger partial charge in [0.1, 0.15) is 5.82 Å². The third-order valence-electron chi connectivity index (χ3n) is 4.58. The number of anilines is 1. The number of benzene rings is 2. The van der Waals surface area contributed by atoms with Gasteiger partial charge in [-0.1, -0.05) is 41.1 Å². The van der Waals surface area contributed by atoms with E-state index in [0.29, 0.717) is 22.3 Å². The van der Waals surface area contributed by atoms with Gasteiger partial charge in [-0.25, -0.2) is 9.37 Å². The van der Waals surface area contributed by atoms with Crippen molar-refractivity contribution >= 4 is 22.7 Å². The van der Waals surface area contributed by atoms with Crippen LogP contribution in [0.25, 0.3) is 22.4 Å². The average Bonchev–Trinajstić information content (AvgIpc) is 3.05. The molecule has 0 unspecified atom stereocenters. The topological polar surface area (TPSA) is 68.0 Å². The molecule has 0 saturated heterocycles. The number of nitrogens with zero attached hydrogens (tertiary/aromatic N) is 2. The molecule has 5 nitrogen and oxygen atoms in total. The van der Waals surface area contributed by atoms with E-state index in [1.807, 2.05) is 31.2 Å². The number of amides is 1. The van der Waals surface area contributed by atoms with E-state index in [4.69, 9.17) is 4.52 Å². The minimum atomic E-state index is -0.487. The van der Waals surface area contributed by atoms with Crippen molar-refractivity contribution in [2.24, 2.45) is 0 Å². The molecule has 0 aliphatic carbocycles. The molecule has 2 heterocycles. The van der Waals surface area contributed by atoms with E-state index in [9.17, 15) is 9.18 Å². The van der Waals surface area contributed by atoms with Crippen LogP contribution in [-0.4, -0.2) is 16.0 Å². The third kappa shape index (κ3) is 3.24. The summed E-state index contributed by atoms with van der Waals surface area (Å²) < 4.78 is 19.5. The van der Waals surface area contributed by atoms with Gasteiger partial charge in [0.2, 0.25) is 0 Å². The SMILES string of the molecule is Cc1ccc(-c2cc(C(=O)Nc3ccc(C)cc3F)c3c(C)noc3n2)cc1. The molecule has 2 aromatic carbocycles. The summed E-state index contributed by atoms with van der Waals surface area (Å²) in [4.78, 5) is 17.5. The molecule has 6 heteroatoms. The maximum absolute atomic E-state index is 14.2. The van der Waals surface area contributed by atoms with Crippen molar-refractivity contribution in [3.63, 3.8) is 0 Å². The number of carbonyl (C=O) groups excluding carboxylic acids is 1. The van der Waals surface area contributed by atoms with Gasteiger partial charge in [-0.05, 0) is 44.5 Å². The Kier molecular flexibility index (Phi) is 4.39. The van der Waals surface area contributed by atoms with Crippen LogP contribution in [0.1, 0.15) is 27.2 Å². The fourth-order valence-electron chi connectivity index (χ4n) is 3.06. The highest BCUT2D eigenvalue weighted by atomic mass is 19.1. The van der Waals surface area contributed by atoms with Crippen LogP contribution >= 0.6 is 0 Å². The fraction of sp³-hybridized carbons (Fsp3) is 0.136. The summed E-state index contributed by atoms with van der Waals surface area (Å²) in [5.74, 6) is -0.936. The van der Waals surface area contributed by atoms with Gasteiger partial charge in [0.15, 0.2) is 0 Å². The maximum Gasteiger partial charge on any atom is 0.259 e. The monoisotopic (exact) mass is 375 g/mol. The molecule has 0 atom stereocenters. The number of aryl methyl sites for hydroxylation is 3. The summed E-state index contributed by atoms with van der Waals surface area (Å²) in [5, 5.41) is 7.09. The molecule has 0 aliphatic rings. The predicted octanol–water partition coefficient (Wildman–Crippen LogP) is 5.21. The van der Waals surface area contributed by atoms with Crippen LogP contribution in [0.2, 0.25) is 0 Å². The Labute approximate surface area is 161 Å². The number of hydrogen-bond acceptors (Lipinski definition) is 4. The smallest absolute Gasteiger partial charge is 0.259 e. The lowest BCUT2D eigenvalue weighted by atomic mass is 10.0. The van der Waals surface area contributed by atoms with Crippen LogP contribution in [-0.2, 0) is 0 Å². The molecular formula is C22H18FN3O2. The summed E-state index contributed by atoms with van der Waals surface area (Å²) in [6.45, 7) is 5.52. The summed E-state index contributed by atoms with van der Waals surface area (Å²) in [5.41, 5.74) is 4.59. The quantitative estimate of drug-likeness (QED) is 0.534. The van der Waals surface area contributed by atoms with Crippen molar-refractivity contribution in [3.05, 3.63) is 76.7 Å². The van der Waals surface area contributed by atoms with Crippen LogP contribution in [0.15, 0.2) is 53.1 Å². The van der Waals surface area contributed by atoms with Gasteiger partial charge >= 0.3 is 0 Å². The second kappa shape index (κ2) is 6.88. The highest BCUT2D eigenvalue weighted by Crippen LogP contribution is 2.28. The number of aromatic nitrogens is 2. The molecule has 0 bridgehead atoms. The van der Waals surface area contributed by atoms with Crippen LogP contribution in [0, 0.1) is 26.6 Å². The first-order valence-corrected chi connectivity index (χ1v) is 8.84. The zero-order valence-electron chi connectivity index (χ0n) is 15.7. The van der Waals surface area contributed by atoms with Gasteiger partial charge in [0.25, 0.3) is 11.6 Å². The van der Waals surface area contributed by atoms with Crippen molar-refractivity contribution in [1.82, 2.24) is 10.1 Å². The van der Waals surface area contributed by atoms with Crippen molar-refractivity contribution in [3.8, 4) is 11.3 Å². The fourth-order valence-corrected chi connectivity index (χ4v) is 3.06. The zero-order chi connectivity index (χ0) is 19.8. The number of fused-ring (bicyclic) bond motifs is 1. The second-order valence-electron chi connectivity index (χ2n) is 6.81. The first-order valence-electron chi connectivity index (χ1n) is 8.84. The van der Waals surface area contributed by atoms with Gasteiger partial charge in [-0.3, -0.25) is 4.79 Å². The molecule has 0 aliphatic heterocycles. The first kappa shape index (κ1) is 17.9. The minimum absolute atomic E-state index is 0.117. The molecule has 0 saturated carbocycles. The molecule has 1 amide bonds. The Morgan fingerprint density at radius 3 is 2.43 bits per heavy atom. The van der Waals surface area contributed by atoms with Gasteiger partial charge in [0.05, 0.1) is 28.0 Å². The summed E-state index contributed by atoms with van der Waals surface area (Å²) in [7, 11) is 0. The first-order chi connectivity index (χ1) is 13.4. The lowest BCUT2D eigenvalue weighted by Gasteiger charge is -2.09. The maximum atomic E-state index is 14.2. The number of hydrogen-bond donors (Lipinski definition) is 1. The van der Waals surface area contributed by atoms with Gasteiger partial charge in [-0.15, -0.1) is 0 Å². The van der Waals surface area contributed by atoms with E-state index in [0.717, 1.165) is 16.7 Å². The van der Waals surface area contributed by atoms with Crippen molar-refractivity contribution < 1.29 is 13.7 Å². The van der Waals surface area contributed by atoms with Crippen LogP contribution < -0.4 is 5.32 Å². The predicted molar refractivity (Wildman–Crippen MR) is 106 cm³/mol. The third-order valence-corrected chi connectivity index (χ3v) is 4.58. The molecule has 4 aromatic rings. The van der Waals surface area contributed by atoms with Crippen LogP contribution in [0.4, 0.5) is 10.1 Å². The van der Waals surface area contributed by atoms with E-state index < -0.39 is 11.7 Å². The standard InChI is InChI=1S/C22H18FN3O2/c1-12-4-7-15(8-5-12)19-11-16(20-14(3)26-28-22(20)25-19)21(27)24-18-9-6-13(2)10-17(18)23/h4-11H,1-3H3,(H,24,27). The molecule has 140 valence electrons. The number of halogens is 1. The Morgan fingerprint density at radius 1 is 1.00 bits per heavy atom. The van der Waals surface area contributed by atoms with E-state index >= 15 is 0 Å². The second-order valence-corrected chi connectivity index (χ2v) is 6.81. The van der Waals surface area contributed by atoms with Crippen molar-refractivity contribution in [1.29, 1.82) is 0 Å². The molecule has 0 fully saturated rings. The number of rotatable bonds is 3. The Morgan fingerprint density at radius 2 is 1.71 bits per heavy atom. The van der Waals surface area contributed by atoms with E-state index in [1.54, 1.807) is 32.0 Å². The lowest BCUT2D eigenvalue weighted by molar-refractivity contribution is 0.102. The van der Waals surface area contributed by atoms with Crippen LogP contribution in [0.5, 0.6) is 0 Å². The normalized spacial score (nSPS) is 11.0. The van der Waals surface area contributed by atoms with Crippen molar-refractivity contribution in [2.75, 3.05) is 5.32 Å². The number of carbonyl (C=O) groups is 1. The van der Waals surface area contributed by atoms with Crippen molar-refractivity contribution in [2.45, 2.75) is 20.8 Å².